The van der Waals surface area contributed by atoms with Crippen LogP contribution in [0, 0.1) is 11.3 Å². The van der Waals surface area contributed by atoms with Crippen LogP contribution in [0.5, 0.6) is 0 Å². The van der Waals surface area contributed by atoms with E-state index in [-0.39, 0.29) is 42.2 Å². The number of nitrogens with zero attached hydrogens (tertiary/aromatic N) is 2. The maximum atomic E-state index is 12.6. The first-order valence-corrected chi connectivity index (χ1v) is 9.14. The molecule has 2 aliphatic rings. The van der Waals surface area contributed by atoms with Crippen molar-refractivity contribution in [1.29, 1.82) is 0 Å². The Bertz CT molecular complexity index is 366. The van der Waals surface area contributed by atoms with Crippen LogP contribution in [0.15, 0.2) is 0 Å². The predicted octanol–water partition coefficient (Wildman–Crippen LogP) is 3.32. The van der Waals surface area contributed by atoms with E-state index in [1.807, 2.05) is 25.7 Å². The molecule has 0 aliphatic carbocycles. The summed E-state index contributed by atoms with van der Waals surface area (Å²) in [5.74, 6) is 0.774. The highest BCUT2D eigenvalue weighted by molar-refractivity contribution is 5.85. The number of hydrogen-bond donors (Lipinski definition) is 1. The second-order valence-corrected chi connectivity index (χ2v) is 8.35. The second-order valence-electron chi connectivity index (χ2n) is 8.35. The molecule has 0 saturated carbocycles. The lowest BCUT2D eigenvalue weighted by Gasteiger charge is -2.38. The van der Waals surface area contributed by atoms with Crippen molar-refractivity contribution in [3.05, 3.63) is 0 Å². The Hall–Kier alpha value is -0.0300. The maximum absolute atomic E-state index is 12.6. The van der Waals surface area contributed by atoms with Gasteiger partial charge >= 0.3 is 0 Å². The van der Waals surface area contributed by atoms with Gasteiger partial charge in [-0.3, -0.25) is 4.79 Å². The normalized spacial score (nSPS) is 24.3. The quantitative estimate of drug-likeness (QED) is 0.815. The summed E-state index contributed by atoms with van der Waals surface area (Å²) < 4.78 is 0. The smallest absolute Gasteiger partial charge is 0.240 e. The molecule has 2 atom stereocenters. The zero-order valence-corrected chi connectivity index (χ0v) is 17.3. The monoisotopic (exact) mass is 381 g/mol. The average Bonchev–Trinajstić information content (AvgIpc) is 2.73. The van der Waals surface area contributed by atoms with Gasteiger partial charge in [-0.25, -0.2) is 0 Å². The van der Waals surface area contributed by atoms with Crippen molar-refractivity contribution in [3.8, 4) is 0 Å². The van der Waals surface area contributed by atoms with E-state index < -0.39 is 0 Å². The van der Waals surface area contributed by atoms with Crippen LogP contribution in [0.2, 0.25) is 0 Å². The summed E-state index contributed by atoms with van der Waals surface area (Å²) in [6.45, 7) is 11.6. The number of halogens is 2. The van der Waals surface area contributed by atoms with Crippen molar-refractivity contribution in [1.82, 2.24) is 9.80 Å². The molecular weight excluding hydrogens is 345 g/mol. The number of carbonyl (C=O) groups excluding carboxylic acids is 1. The van der Waals surface area contributed by atoms with Crippen molar-refractivity contribution in [2.75, 3.05) is 32.7 Å². The van der Waals surface area contributed by atoms with Crippen molar-refractivity contribution in [3.63, 3.8) is 0 Å². The summed E-state index contributed by atoms with van der Waals surface area (Å²) in [6.07, 6.45) is 7.82. The summed E-state index contributed by atoms with van der Waals surface area (Å²) >= 11 is 0. The minimum Gasteiger partial charge on any atom is -0.341 e. The lowest BCUT2D eigenvalue weighted by Crippen LogP contribution is -2.53. The van der Waals surface area contributed by atoms with Gasteiger partial charge in [-0.15, -0.1) is 24.8 Å². The molecule has 24 heavy (non-hydrogen) atoms. The molecule has 2 rings (SSSR count). The number of hydrogen-bond acceptors (Lipinski definition) is 3. The van der Waals surface area contributed by atoms with Crippen LogP contribution in [-0.2, 0) is 4.79 Å². The van der Waals surface area contributed by atoms with E-state index in [1.54, 1.807) is 0 Å². The first-order chi connectivity index (χ1) is 10.4. The molecule has 0 aromatic carbocycles. The Kier molecular flexibility index (Phi) is 10.8. The zero-order chi connectivity index (χ0) is 16.2. The van der Waals surface area contributed by atoms with Gasteiger partial charge in [-0.05, 0) is 50.1 Å². The summed E-state index contributed by atoms with van der Waals surface area (Å²) in [6, 6.07) is -0.385. The highest BCUT2D eigenvalue weighted by Gasteiger charge is 2.33. The Balaban J connectivity index is 0.00000264. The van der Waals surface area contributed by atoms with Crippen LogP contribution in [0.1, 0.15) is 59.3 Å². The van der Waals surface area contributed by atoms with E-state index in [0.29, 0.717) is 5.92 Å². The molecule has 0 spiro atoms. The Morgan fingerprint density at radius 1 is 1.04 bits per heavy atom. The van der Waals surface area contributed by atoms with Crippen LogP contribution < -0.4 is 5.73 Å². The fraction of sp³-hybridized carbons (Fsp3) is 0.944. The molecule has 2 N–H and O–H groups in total. The third-order valence-corrected chi connectivity index (χ3v) is 5.24. The molecule has 2 saturated heterocycles. The number of likely N-dealkylation sites (tertiary alicyclic amines) is 2. The molecule has 1 unspecified atom stereocenters. The summed E-state index contributed by atoms with van der Waals surface area (Å²) in [5.41, 5.74) is 6.02. The number of piperidine rings is 1. The largest absolute Gasteiger partial charge is 0.341 e. The topological polar surface area (TPSA) is 49.6 Å². The van der Waals surface area contributed by atoms with Crippen LogP contribution in [0.4, 0.5) is 0 Å². The third-order valence-electron chi connectivity index (χ3n) is 5.24. The maximum Gasteiger partial charge on any atom is 0.240 e. The highest BCUT2D eigenvalue weighted by atomic mass is 35.5. The van der Waals surface area contributed by atoms with Gasteiger partial charge in [-0.1, -0.05) is 33.6 Å². The molecule has 0 aromatic rings. The molecular formula is C18H37Cl2N3O. The van der Waals surface area contributed by atoms with Gasteiger partial charge in [-0.2, -0.15) is 0 Å². The van der Waals surface area contributed by atoms with E-state index >= 15 is 0 Å². The van der Waals surface area contributed by atoms with Crippen molar-refractivity contribution < 1.29 is 4.79 Å². The van der Waals surface area contributed by atoms with Gasteiger partial charge in [0.05, 0.1) is 6.04 Å². The van der Waals surface area contributed by atoms with Crippen LogP contribution in [0.3, 0.4) is 0 Å². The summed E-state index contributed by atoms with van der Waals surface area (Å²) in [7, 11) is 0. The molecule has 6 heteroatoms. The van der Waals surface area contributed by atoms with Gasteiger partial charge < -0.3 is 15.5 Å². The van der Waals surface area contributed by atoms with E-state index in [4.69, 9.17) is 5.73 Å². The number of rotatable bonds is 3. The first kappa shape index (κ1) is 24.0. The van der Waals surface area contributed by atoms with Crippen LogP contribution in [-0.4, -0.2) is 54.5 Å². The van der Waals surface area contributed by atoms with E-state index in [9.17, 15) is 4.79 Å². The molecule has 4 nitrogen and oxygen atoms in total. The van der Waals surface area contributed by atoms with Gasteiger partial charge in [0.25, 0.3) is 0 Å². The van der Waals surface area contributed by atoms with Gasteiger partial charge in [0.1, 0.15) is 0 Å². The van der Waals surface area contributed by atoms with Gasteiger partial charge in [0, 0.05) is 19.6 Å². The summed E-state index contributed by atoms with van der Waals surface area (Å²) in [4.78, 5) is 17.3. The molecule has 2 fully saturated rings. The SMILES string of the molecule is CC(C)(C)[C@H](N)C(=O)N1CCCC(CN2CCCCCC2)C1.Cl.Cl. The first-order valence-electron chi connectivity index (χ1n) is 9.14. The Morgan fingerprint density at radius 3 is 2.17 bits per heavy atom. The molecule has 2 aliphatic heterocycles. The average molecular weight is 382 g/mol. The van der Waals surface area contributed by atoms with Crippen molar-refractivity contribution >= 4 is 30.7 Å². The predicted molar refractivity (Wildman–Crippen MR) is 106 cm³/mol. The molecule has 0 aromatic heterocycles. The standard InChI is InChI=1S/C18H35N3O.2ClH/c1-18(2,3)16(19)17(22)21-12-8-9-15(14-21)13-20-10-6-4-5-7-11-20;;/h15-16H,4-14,19H2,1-3H3;2*1H/t15?,16-;;/m1../s1. The van der Waals surface area contributed by atoms with E-state index in [2.05, 4.69) is 4.90 Å². The van der Waals surface area contributed by atoms with Gasteiger partial charge in [0.2, 0.25) is 5.91 Å². The molecule has 1 amide bonds. The van der Waals surface area contributed by atoms with Crippen LogP contribution >= 0.6 is 24.8 Å². The Morgan fingerprint density at radius 2 is 1.62 bits per heavy atom. The lowest BCUT2D eigenvalue weighted by atomic mass is 9.85. The highest BCUT2D eigenvalue weighted by Crippen LogP contribution is 2.24. The molecule has 0 radical (unpaired) electrons. The molecule has 2 heterocycles. The Labute approximate surface area is 160 Å². The number of amides is 1. The summed E-state index contributed by atoms with van der Waals surface area (Å²) in [5, 5.41) is 0. The fourth-order valence-electron chi connectivity index (χ4n) is 3.67. The number of carbonyl (C=O) groups is 1. The lowest BCUT2D eigenvalue weighted by molar-refractivity contribution is -0.136. The third kappa shape index (κ3) is 7.07. The second kappa shape index (κ2) is 10.8. The minimum atomic E-state index is -0.385. The van der Waals surface area contributed by atoms with Crippen molar-refractivity contribution in [2.45, 2.75) is 65.3 Å². The number of nitrogens with two attached hydrogens (primary N) is 1. The van der Waals surface area contributed by atoms with E-state index in [0.717, 1.165) is 26.1 Å². The molecule has 144 valence electrons. The van der Waals surface area contributed by atoms with Crippen LogP contribution in [0.25, 0.3) is 0 Å². The van der Waals surface area contributed by atoms with Crippen molar-refractivity contribution in [2.24, 2.45) is 17.1 Å². The molecule has 0 bridgehead atoms. The van der Waals surface area contributed by atoms with Gasteiger partial charge in [0.15, 0.2) is 0 Å². The van der Waals surface area contributed by atoms with E-state index in [1.165, 1.54) is 45.2 Å². The fourth-order valence-corrected chi connectivity index (χ4v) is 3.67. The zero-order valence-electron chi connectivity index (χ0n) is 15.6. The minimum absolute atomic E-state index is 0.